The van der Waals surface area contributed by atoms with Gasteiger partial charge in [-0.25, -0.2) is 0 Å². The number of hydrogen-bond acceptors (Lipinski definition) is 5. The van der Waals surface area contributed by atoms with Gasteiger partial charge in [-0.05, 0) is 30.3 Å². The Balaban J connectivity index is 1.69. The Kier molecular flexibility index (Phi) is 3.69. The van der Waals surface area contributed by atoms with Crippen molar-refractivity contribution in [1.29, 1.82) is 0 Å². The van der Waals surface area contributed by atoms with Crippen LogP contribution in [0.25, 0.3) is 11.5 Å². The highest BCUT2D eigenvalue weighted by Crippen LogP contribution is 2.26. The van der Waals surface area contributed by atoms with Crippen LogP contribution < -0.4 is 0 Å². The van der Waals surface area contributed by atoms with Crippen molar-refractivity contribution in [2.75, 3.05) is 0 Å². The lowest BCUT2D eigenvalue weighted by Gasteiger charge is -1.98. The van der Waals surface area contributed by atoms with Gasteiger partial charge in [0.25, 0.3) is 0 Å². The molecule has 1 aromatic heterocycles. The second kappa shape index (κ2) is 5.79. The Labute approximate surface area is 120 Å². The maximum atomic E-state index is 9.40. The van der Waals surface area contributed by atoms with Crippen LogP contribution in [0.1, 0.15) is 5.89 Å². The summed E-state index contributed by atoms with van der Waals surface area (Å²) in [6.07, 6.45) is 0. The van der Waals surface area contributed by atoms with E-state index in [4.69, 9.17) is 4.42 Å². The van der Waals surface area contributed by atoms with Crippen molar-refractivity contribution in [2.24, 2.45) is 0 Å². The van der Waals surface area contributed by atoms with E-state index >= 15 is 0 Å². The fraction of sp³-hybridized carbons (Fsp3) is 0.0667. The van der Waals surface area contributed by atoms with Crippen molar-refractivity contribution >= 4 is 11.8 Å². The van der Waals surface area contributed by atoms with Crippen molar-refractivity contribution in [3.8, 4) is 17.2 Å². The molecule has 0 atom stereocenters. The SMILES string of the molecule is Oc1cccc(SCc2nnc(-c3ccccc3)o2)c1. The molecule has 0 unspecified atom stereocenters. The van der Waals surface area contributed by atoms with Crippen molar-refractivity contribution in [2.45, 2.75) is 10.6 Å². The summed E-state index contributed by atoms with van der Waals surface area (Å²) in [6, 6.07) is 16.8. The lowest BCUT2D eigenvalue weighted by Crippen LogP contribution is -1.80. The van der Waals surface area contributed by atoms with Crippen molar-refractivity contribution in [3.63, 3.8) is 0 Å². The van der Waals surface area contributed by atoms with E-state index < -0.39 is 0 Å². The van der Waals surface area contributed by atoms with Gasteiger partial charge in [-0.15, -0.1) is 22.0 Å². The zero-order valence-electron chi connectivity index (χ0n) is 10.6. The third kappa shape index (κ3) is 3.00. The van der Waals surface area contributed by atoms with Gasteiger partial charge in [0.2, 0.25) is 11.8 Å². The van der Waals surface area contributed by atoms with Gasteiger partial charge in [0.05, 0.1) is 5.75 Å². The van der Waals surface area contributed by atoms with E-state index in [1.54, 1.807) is 18.2 Å². The largest absolute Gasteiger partial charge is 0.508 e. The number of hydrogen-bond donors (Lipinski definition) is 1. The monoisotopic (exact) mass is 284 g/mol. The molecule has 20 heavy (non-hydrogen) atoms. The Morgan fingerprint density at radius 3 is 2.65 bits per heavy atom. The summed E-state index contributed by atoms with van der Waals surface area (Å²) in [5, 5.41) is 17.5. The molecular formula is C15H12N2O2S. The number of thioether (sulfide) groups is 1. The molecule has 0 radical (unpaired) electrons. The van der Waals surface area contributed by atoms with E-state index in [1.807, 2.05) is 36.4 Å². The first-order valence-corrected chi connectivity index (χ1v) is 7.09. The quantitative estimate of drug-likeness (QED) is 0.740. The van der Waals surface area contributed by atoms with Gasteiger partial charge in [0, 0.05) is 10.5 Å². The Morgan fingerprint density at radius 2 is 1.85 bits per heavy atom. The average molecular weight is 284 g/mol. The fourth-order valence-corrected chi connectivity index (χ4v) is 2.51. The van der Waals surface area contributed by atoms with Gasteiger partial charge in [-0.3, -0.25) is 0 Å². The van der Waals surface area contributed by atoms with Crippen LogP contribution >= 0.6 is 11.8 Å². The van der Waals surface area contributed by atoms with Crippen molar-refractivity contribution < 1.29 is 9.52 Å². The Hall–Kier alpha value is -2.27. The number of nitrogens with zero attached hydrogens (tertiary/aromatic N) is 2. The molecule has 100 valence electrons. The average Bonchev–Trinajstić information content (AvgIpc) is 2.95. The molecule has 0 amide bonds. The minimum Gasteiger partial charge on any atom is -0.508 e. The molecular weight excluding hydrogens is 272 g/mol. The molecule has 3 aromatic rings. The van der Waals surface area contributed by atoms with Crippen LogP contribution in [0.4, 0.5) is 0 Å². The first-order valence-electron chi connectivity index (χ1n) is 6.11. The summed E-state index contributed by atoms with van der Waals surface area (Å²) in [6.45, 7) is 0. The standard InChI is InChI=1S/C15H12N2O2S/c18-12-7-4-8-13(9-12)20-10-14-16-17-15(19-14)11-5-2-1-3-6-11/h1-9,18H,10H2. The molecule has 3 rings (SSSR count). The maximum Gasteiger partial charge on any atom is 0.247 e. The van der Waals surface area contributed by atoms with Gasteiger partial charge in [0.1, 0.15) is 5.75 Å². The lowest BCUT2D eigenvalue weighted by atomic mass is 10.2. The molecule has 0 saturated heterocycles. The van der Waals surface area contributed by atoms with E-state index in [1.165, 1.54) is 11.8 Å². The maximum absolute atomic E-state index is 9.40. The molecule has 0 bridgehead atoms. The lowest BCUT2D eigenvalue weighted by molar-refractivity contribution is 0.474. The van der Waals surface area contributed by atoms with Crippen LogP contribution in [0.2, 0.25) is 0 Å². The minimum atomic E-state index is 0.255. The number of phenols is 1. The molecule has 0 fully saturated rings. The Bertz CT molecular complexity index is 698. The predicted octanol–water partition coefficient (Wildman–Crippen LogP) is 3.73. The normalized spacial score (nSPS) is 10.6. The zero-order valence-corrected chi connectivity index (χ0v) is 11.4. The summed E-state index contributed by atoms with van der Waals surface area (Å²) in [5.74, 6) is 1.92. The molecule has 0 aliphatic heterocycles. The molecule has 1 N–H and O–H groups in total. The van der Waals surface area contributed by atoms with Crippen LogP contribution in [0.15, 0.2) is 63.9 Å². The van der Waals surface area contributed by atoms with E-state index in [9.17, 15) is 5.11 Å². The molecule has 0 aliphatic rings. The molecule has 0 spiro atoms. The summed E-state index contributed by atoms with van der Waals surface area (Å²) in [4.78, 5) is 0.962. The third-order valence-corrected chi connectivity index (χ3v) is 3.65. The number of aromatic nitrogens is 2. The smallest absolute Gasteiger partial charge is 0.247 e. The molecule has 4 nitrogen and oxygen atoms in total. The molecule has 1 heterocycles. The number of phenolic OH excluding ortho intramolecular Hbond substituents is 1. The highest BCUT2D eigenvalue weighted by molar-refractivity contribution is 7.98. The highest BCUT2D eigenvalue weighted by atomic mass is 32.2. The van der Waals surface area contributed by atoms with Crippen LogP contribution in [0.3, 0.4) is 0 Å². The summed E-state index contributed by atoms with van der Waals surface area (Å²) < 4.78 is 5.62. The third-order valence-electron chi connectivity index (χ3n) is 2.67. The first kappa shape index (κ1) is 12.7. The van der Waals surface area contributed by atoms with Gasteiger partial charge in [0.15, 0.2) is 0 Å². The highest BCUT2D eigenvalue weighted by Gasteiger charge is 2.08. The second-order valence-corrected chi connectivity index (χ2v) is 5.20. The van der Waals surface area contributed by atoms with Crippen LogP contribution in [0.5, 0.6) is 5.75 Å². The summed E-state index contributed by atoms with van der Waals surface area (Å²) >= 11 is 1.54. The zero-order chi connectivity index (χ0) is 13.8. The van der Waals surface area contributed by atoms with Gasteiger partial charge < -0.3 is 9.52 Å². The van der Waals surface area contributed by atoms with E-state index in [2.05, 4.69) is 10.2 Å². The molecule has 0 saturated carbocycles. The van der Waals surface area contributed by atoms with Gasteiger partial charge in [-0.1, -0.05) is 24.3 Å². The van der Waals surface area contributed by atoms with Gasteiger partial charge >= 0.3 is 0 Å². The number of benzene rings is 2. The van der Waals surface area contributed by atoms with Gasteiger partial charge in [-0.2, -0.15) is 0 Å². The fourth-order valence-electron chi connectivity index (χ4n) is 1.73. The topological polar surface area (TPSA) is 59.2 Å². The number of aromatic hydroxyl groups is 1. The predicted molar refractivity (Wildman–Crippen MR) is 77.4 cm³/mol. The van der Waals surface area contributed by atoms with Crippen molar-refractivity contribution in [1.82, 2.24) is 10.2 Å². The first-order chi connectivity index (χ1) is 9.81. The molecule has 2 aromatic carbocycles. The second-order valence-electron chi connectivity index (χ2n) is 4.15. The molecule has 5 heteroatoms. The number of rotatable bonds is 4. The van der Waals surface area contributed by atoms with E-state index in [-0.39, 0.29) is 5.75 Å². The van der Waals surface area contributed by atoms with E-state index in [0.29, 0.717) is 17.5 Å². The summed E-state index contributed by atoms with van der Waals surface area (Å²) in [5.41, 5.74) is 0.911. The van der Waals surface area contributed by atoms with E-state index in [0.717, 1.165) is 10.5 Å². The minimum absolute atomic E-state index is 0.255. The van der Waals surface area contributed by atoms with Crippen molar-refractivity contribution in [3.05, 3.63) is 60.5 Å². The van der Waals surface area contributed by atoms with Crippen LogP contribution in [0, 0.1) is 0 Å². The summed E-state index contributed by atoms with van der Waals surface area (Å²) in [7, 11) is 0. The molecule has 0 aliphatic carbocycles. The Morgan fingerprint density at radius 1 is 1.00 bits per heavy atom. The van der Waals surface area contributed by atoms with Crippen LogP contribution in [-0.4, -0.2) is 15.3 Å². The van der Waals surface area contributed by atoms with Crippen LogP contribution in [-0.2, 0) is 5.75 Å².